The van der Waals surface area contributed by atoms with Crippen molar-refractivity contribution in [2.45, 2.75) is 24.8 Å². The third kappa shape index (κ3) is 4.42. The molecule has 0 unspecified atom stereocenters. The number of rotatable bonds is 4. The molecule has 7 heteroatoms. The molecule has 1 aromatic carbocycles. The van der Waals surface area contributed by atoms with E-state index in [1.165, 1.54) is 19.2 Å². The van der Waals surface area contributed by atoms with E-state index in [2.05, 4.69) is 10.2 Å². The molecule has 5 nitrogen and oxygen atoms in total. The van der Waals surface area contributed by atoms with E-state index in [0.29, 0.717) is 12.8 Å². The molecule has 1 aliphatic heterocycles. The van der Waals surface area contributed by atoms with E-state index in [1.807, 2.05) is 7.05 Å². The number of carbonyl (C=O) groups is 2. The summed E-state index contributed by atoms with van der Waals surface area (Å²) in [5.41, 5.74) is -0.481. The molecule has 1 N–H and O–H groups in total. The minimum absolute atomic E-state index is 0.0450. The summed E-state index contributed by atoms with van der Waals surface area (Å²) in [5, 5.41) is 2.97. The van der Waals surface area contributed by atoms with E-state index in [-0.39, 0.29) is 23.0 Å². The van der Waals surface area contributed by atoms with Gasteiger partial charge >= 0.3 is 5.97 Å². The topological polar surface area (TPSA) is 58.6 Å². The Balaban J connectivity index is 2.19. The second-order valence-electron chi connectivity index (χ2n) is 5.91. The predicted molar refractivity (Wildman–Crippen MR) is 85.0 cm³/mol. The standard InChI is InChI=1S/C16H20ClFN2O3/c1-20-7-5-16(6-8-20,10-14(21)23-2)19-15(22)12-4-3-11(18)9-13(12)17/h3-4,9H,5-8,10H2,1-2H3,(H,19,22). The number of amides is 1. The van der Waals surface area contributed by atoms with Crippen molar-refractivity contribution in [2.75, 3.05) is 27.2 Å². The van der Waals surface area contributed by atoms with Crippen LogP contribution < -0.4 is 5.32 Å². The highest BCUT2D eigenvalue weighted by molar-refractivity contribution is 6.33. The van der Waals surface area contributed by atoms with Crippen molar-refractivity contribution < 1.29 is 18.7 Å². The van der Waals surface area contributed by atoms with Crippen molar-refractivity contribution in [1.29, 1.82) is 0 Å². The number of hydrogen-bond donors (Lipinski definition) is 1. The second-order valence-corrected chi connectivity index (χ2v) is 6.32. The summed E-state index contributed by atoms with van der Waals surface area (Å²) in [4.78, 5) is 26.4. The number of halogens is 2. The molecule has 1 aliphatic rings. The van der Waals surface area contributed by atoms with E-state index < -0.39 is 17.3 Å². The van der Waals surface area contributed by atoms with Crippen molar-refractivity contribution >= 4 is 23.5 Å². The van der Waals surface area contributed by atoms with Gasteiger partial charge in [0.25, 0.3) is 5.91 Å². The van der Waals surface area contributed by atoms with Gasteiger partial charge in [-0.15, -0.1) is 0 Å². The van der Waals surface area contributed by atoms with Crippen LogP contribution in [0.3, 0.4) is 0 Å². The first-order chi connectivity index (χ1) is 10.8. The van der Waals surface area contributed by atoms with Gasteiger partial charge in [-0.05, 0) is 38.1 Å². The van der Waals surface area contributed by atoms with Gasteiger partial charge in [0.2, 0.25) is 0 Å². The molecule has 0 aromatic heterocycles. The molecule has 1 fully saturated rings. The highest BCUT2D eigenvalue weighted by atomic mass is 35.5. The minimum Gasteiger partial charge on any atom is -0.469 e. The number of methoxy groups -OCH3 is 1. The molecule has 1 saturated heterocycles. The van der Waals surface area contributed by atoms with Crippen molar-refractivity contribution in [3.63, 3.8) is 0 Å². The quantitative estimate of drug-likeness (QED) is 0.853. The van der Waals surface area contributed by atoms with Crippen molar-refractivity contribution in [1.82, 2.24) is 10.2 Å². The molecule has 1 aromatic rings. The second kappa shape index (κ2) is 7.27. The highest BCUT2D eigenvalue weighted by Gasteiger charge is 2.38. The number of benzene rings is 1. The van der Waals surface area contributed by atoms with Crippen LogP contribution in [0.5, 0.6) is 0 Å². The summed E-state index contributed by atoms with van der Waals surface area (Å²) in [5.74, 6) is -1.29. The Bertz CT molecular complexity index is 601. The Morgan fingerprint density at radius 1 is 1.39 bits per heavy atom. The lowest BCUT2D eigenvalue weighted by Gasteiger charge is -2.40. The van der Waals surface area contributed by atoms with Crippen LogP contribution in [-0.4, -0.2) is 49.6 Å². The first kappa shape index (κ1) is 17.7. The number of nitrogens with zero attached hydrogens (tertiary/aromatic N) is 1. The molecular weight excluding hydrogens is 323 g/mol. The van der Waals surface area contributed by atoms with Gasteiger partial charge in [0.05, 0.1) is 29.7 Å². The normalized spacial score (nSPS) is 17.6. The van der Waals surface area contributed by atoms with Crippen molar-refractivity contribution in [2.24, 2.45) is 0 Å². The van der Waals surface area contributed by atoms with Crippen molar-refractivity contribution in [3.8, 4) is 0 Å². The van der Waals surface area contributed by atoms with E-state index in [1.54, 1.807) is 0 Å². The van der Waals surface area contributed by atoms with Gasteiger partial charge in [0.1, 0.15) is 5.82 Å². The summed E-state index contributed by atoms with van der Waals surface area (Å²) >= 11 is 5.94. The summed E-state index contributed by atoms with van der Waals surface area (Å²) in [6.07, 6.45) is 1.36. The maximum absolute atomic E-state index is 13.1. The number of piperidine rings is 1. The first-order valence-electron chi connectivity index (χ1n) is 7.38. The Labute approximate surface area is 139 Å². The van der Waals surface area contributed by atoms with Gasteiger partial charge in [0.15, 0.2) is 0 Å². The summed E-state index contributed by atoms with van der Waals surface area (Å²) in [6.45, 7) is 1.52. The number of carbonyl (C=O) groups excluding carboxylic acids is 2. The maximum Gasteiger partial charge on any atom is 0.307 e. The molecule has 23 heavy (non-hydrogen) atoms. The van der Waals surface area contributed by atoms with Crippen LogP contribution in [0, 0.1) is 5.82 Å². The van der Waals surface area contributed by atoms with Crippen molar-refractivity contribution in [3.05, 3.63) is 34.6 Å². The van der Waals surface area contributed by atoms with E-state index >= 15 is 0 Å². The van der Waals surface area contributed by atoms with Crippen LogP contribution in [0.4, 0.5) is 4.39 Å². The minimum atomic E-state index is -0.672. The van der Waals surface area contributed by atoms with Gasteiger partial charge in [-0.1, -0.05) is 11.6 Å². The Morgan fingerprint density at radius 3 is 2.61 bits per heavy atom. The zero-order chi connectivity index (χ0) is 17.0. The molecule has 0 spiro atoms. The summed E-state index contributed by atoms with van der Waals surface area (Å²) < 4.78 is 17.9. The fourth-order valence-electron chi connectivity index (χ4n) is 2.72. The molecular formula is C16H20ClFN2O3. The van der Waals surface area contributed by atoms with Gasteiger partial charge in [-0.25, -0.2) is 4.39 Å². The van der Waals surface area contributed by atoms with Crippen LogP contribution in [0.1, 0.15) is 29.6 Å². The summed E-state index contributed by atoms with van der Waals surface area (Å²) in [6, 6.07) is 3.62. The molecule has 0 aliphatic carbocycles. The predicted octanol–water partition coefficient (Wildman–Crippen LogP) is 2.24. The van der Waals surface area contributed by atoms with E-state index in [9.17, 15) is 14.0 Å². The Hall–Kier alpha value is -1.66. The average Bonchev–Trinajstić information content (AvgIpc) is 2.50. The number of nitrogens with one attached hydrogen (secondary N) is 1. The smallest absolute Gasteiger partial charge is 0.307 e. The average molecular weight is 343 g/mol. The largest absolute Gasteiger partial charge is 0.469 e. The Morgan fingerprint density at radius 2 is 2.04 bits per heavy atom. The van der Waals surface area contributed by atoms with Gasteiger partial charge < -0.3 is 15.0 Å². The lowest BCUT2D eigenvalue weighted by atomic mass is 9.84. The molecule has 0 saturated carbocycles. The van der Waals surface area contributed by atoms with Crippen LogP contribution >= 0.6 is 11.6 Å². The van der Waals surface area contributed by atoms with Gasteiger partial charge in [-0.2, -0.15) is 0 Å². The van der Waals surface area contributed by atoms with Gasteiger partial charge in [0, 0.05) is 13.1 Å². The molecule has 0 radical (unpaired) electrons. The lowest BCUT2D eigenvalue weighted by Crippen LogP contribution is -2.55. The molecule has 2 rings (SSSR count). The molecule has 0 bridgehead atoms. The third-order valence-corrected chi connectivity index (χ3v) is 4.52. The van der Waals surface area contributed by atoms with Crippen LogP contribution in [-0.2, 0) is 9.53 Å². The monoisotopic (exact) mass is 342 g/mol. The van der Waals surface area contributed by atoms with Crippen LogP contribution in [0.2, 0.25) is 5.02 Å². The number of esters is 1. The fourth-order valence-corrected chi connectivity index (χ4v) is 2.98. The molecule has 1 amide bonds. The molecule has 0 atom stereocenters. The Kier molecular flexibility index (Phi) is 5.59. The number of ether oxygens (including phenoxy) is 1. The molecule has 1 heterocycles. The lowest BCUT2D eigenvalue weighted by molar-refractivity contribution is -0.142. The highest BCUT2D eigenvalue weighted by Crippen LogP contribution is 2.27. The van der Waals surface area contributed by atoms with Gasteiger partial charge in [-0.3, -0.25) is 9.59 Å². The number of hydrogen-bond acceptors (Lipinski definition) is 4. The SMILES string of the molecule is COC(=O)CC1(NC(=O)c2ccc(F)cc2Cl)CCN(C)CC1. The van der Waals surface area contributed by atoms with E-state index in [4.69, 9.17) is 16.3 Å². The summed E-state index contributed by atoms with van der Waals surface area (Å²) in [7, 11) is 3.31. The van der Waals surface area contributed by atoms with Crippen LogP contribution in [0.15, 0.2) is 18.2 Å². The first-order valence-corrected chi connectivity index (χ1v) is 7.76. The third-order valence-electron chi connectivity index (χ3n) is 4.21. The van der Waals surface area contributed by atoms with Crippen LogP contribution in [0.25, 0.3) is 0 Å². The number of likely N-dealkylation sites (tertiary alicyclic amines) is 1. The maximum atomic E-state index is 13.1. The zero-order valence-corrected chi connectivity index (χ0v) is 14.0. The zero-order valence-electron chi connectivity index (χ0n) is 13.2. The molecule has 126 valence electrons. The fraction of sp³-hybridized carbons (Fsp3) is 0.500. The van der Waals surface area contributed by atoms with E-state index in [0.717, 1.165) is 19.2 Å².